The van der Waals surface area contributed by atoms with Gasteiger partial charge in [-0.2, -0.15) is 9.97 Å². The molecule has 1 atom stereocenters. The third-order valence-electron chi connectivity index (χ3n) is 8.13. The van der Waals surface area contributed by atoms with Gasteiger partial charge >= 0.3 is 6.01 Å². The van der Waals surface area contributed by atoms with Gasteiger partial charge in [-0.25, -0.2) is 4.39 Å². The second-order valence-corrected chi connectivity index (χ2v) is 10.6. The second-order valence-electron chi connectivity index (χ2n) is 10.6. The van der Waals surface area contributed by atoms with Crippen LogP contribution in [0.5, 0.6) is 6.01 Å². The highest BCUT2D eigenvalue weighted by Gasteiger charge is 2.28. The van der Waals surface area contributed by atoms with Crippen LogP contribution in [0.1, 0.15) is 35.2 Å². The highest BCUT2D eigenvalue weighted by Crippen LogP contribution is 2.37. The quantitative estimate of drug-likeness (QED) is 0.223. The maximum atomic E-state index is 16.7. The number of aliphatic imine (C=N–C) groups is 1. The van der Waals surface area contributed by atoms with Gasteiger partial charge in [0.25, 0.3) is 0 Å². The number of halogens is 1. The summed E-state index contributed by atoms with van der Waals surface area (Å²) in [5, 5.41) is 1.59. The molecule has 2 aromatic carbocycles. The van der Waals surface area contributed by atoms with Gasteiger partial charge in [-0.15, -0.1) is 6.42 Å². The molecule has 0 N–H and O–H groups in total. The number of carbonyl (C=O) groups excluding carboxylic acids is 1. The number of fused-ring (bicyclic) bond motifs is 1. The summed E-state index contributed by atoms with van der Waals surface area (Å²) in [5.74, 6) is 2.50. The summed E-state index contributed by atoms with van der Waals surface area (Å²) in [6, 6.07) is 11.5. The van der Waals surface area contributed by atoms with Gasteiger partial charge in [-0.3, -0.25) is 9.79 Å². The molecule has 42 heavy (non-hydrogen) atoms. The molecule has 216 valence electrons. The van der Waals surface area contributed by atoms with Gasteiger partial charge < -0.3 is 19.4 Å². The normalized spacial score (nSPS) is 18.0. The first-order valence-electron chi connectivity index (χ1n) is 14.1. The Balaban J connectivity index is 1.60. The molecule has 5 rings (SSSR count). The van der Waals surface area contributed by atoms with Crippen molar-refractivity contribution in [2.45, 2.75) is 25.8 Å². The van der Waals surface area contributed by atoms with Crippen molar-refractivity contribution in [3.8, 4) is 18.4 Å². The van der Waals surface area contributed by atoms with Crippen molar-refractivity contribution in [2.75, 3.05) is 51.3 Å². The van der Waals surface area contributed by atoms with Gasteiger partial charge in [-0.05, 0) is 57.6 Å². The van der Waals surface area contributed by atoms with E-state index in [4.69, 9.17) is 16.1 Å². The smallest absolute Gasteiger partial charge is 0.319 e. The SMILES string of the molecule is C#Cc1cccc2cccc(/C(N=C)=C(\F)c3nc(OC[C@@H]4CCCN4C)nc(N4CCN(C(=O)C=C)CC4)c3C)c12. The van der Waals surface area contributed by atoms with Crippen LogP contribution in [0.3, 0.4) is 0 Å². The molecular weight excluding hydrogens is 531 g/mol. The molecule has 0 spiro atoms. The second kappa shape index (κ2) is 12.5. The summed E-state index contributed by atoms with van der Waals surface area (Å²) in [5.41, 5.74) is 1.82. The molecule has 0 saturated carbocycles. The van der Waals surface area contributed by atoms with Crippen LogP contribution >= 0.6 is 0 Å². The summed E-state index contributed by atoms with van der Waals surface area (Å²) in [7, 11) is 2.07. The van der Waals surface area contributed by atoms with Crippen LogP contribution in [0.15, 0.2) is 54.0 Å². The molecule has 3 aromatic rings. The number of likely N-dealkylation sites (tertiary alicyclic amines) is 1. The largest absolute Gasteiger partial charge is 0.462 e. The van der Waals surface area contributed by atoms with E-state index in [2.05, 4.69) is 41.1 Å². The van der Waals surface area contributed by atoms with Crippen molar-refractivity contribution in [3.63, 3.8) is 0 Å². The maximum absolute atomic E-state index is 16.7. The minimum atomic E-state index is -0.645. The summed E-state index contributed by atoms with van der Waals surface area (Å²) in [6.07, 6.45) is 9.24. The third-order valence-corrected chi connectivity index (χ3v) is 8.13. The lowest BCUT2D eigenvalue weighted by Gasteiger charge is -2.35. The fourth-order valence-corrected chi connectivity index (χ4v) is 5.74. The summed E-state index contributed by atoms with van der Waals surface area (Å²) in [4.78, 5) is 31.6. The lowest BCUT2D eigenvalue weighted by molar-refractivity contribution is -0.126. The van der Waals surface area contributed by atoms with Crippen LogP contribution in [0.2, 0.25) is 0 Å². The minimum Gasteiger partial charge on any atom is -0.462 e. The molecule has 2 fully saturated rings. The van der Waals surface area contributed by atoms with Gasteiger partial charge in [0.15, 0.2) is 5.83 Å². The monoisotopic (exact) mass is 566 g/mol. The molecule has 0 bridgehead atoms. The lowest BCUT2D eigenvalue weighted by Crippen LogP contribution is -2.48. The zero-order chi connectivity index (χ0) is 29.8. The minimum absolute atomic E-state index is 0.0407. The molecule has 8 nitrogen and oxygen atoms in total. The van der Waals surface area contributed by atoms with E-state index in [1.165, 1.54) is 6.08 Å². The molecule has 3 heterocycles. The Morgan fingerprint density at radius 1 is 1.19 bits per heavy atom. The highest BCUT2D eigenvalue weighted by molar-refractivity contribution is 6.02. The number of rotatable bonds is 8. The number of anilines is 1. The van der Waals surface area contributed by atoms with Gasteiger partial charge in [-0.1, -0.05) is 42.8 Å². The Hall–Kier alpha value is -4.55. The molecule has 2 saturated heterocycles. The van der Waals surface area contributed by atoms with Gasteiger partial charge in [0.1, 0.15) is 23.8 Å². The Morgan fingerprint density at radius 2 is 1.93 bits per heavy atom. The molecule has 0 unspecified atom stereocenters. The number of amides is 1. The zero-order valence-corrected chi connectivity index (χ0v) is 24.1. The van der Waals surface area contributed by atoms with Crippen molar-refractivity contribution in [2.24, 2.45) is 4.99 Å². The number of likely N-dealkylation sites (N-methyl/N-ethyl adjacent to an activating group) is 1. The predicted octanol–water partition coefficient (Wildman–Crippen LogP) is 4.72. The Labute approximate surface area is 246 Å². The maximum Gasteiger partial charge on any atom is 0.319 e. The molecular formula is C33H35FN6O2. The number of carbonyl (C=O) groups is 1. The van der Waals surface area contributed by atoms with E-state index in [1.54, 1.807) is 17.9 Å². The van der Waals surface area contributed by atoms with Crippen molar-refractivity contribution in [1.29, 1.82) is 0 Å². The van der Waals surface area contributed by atoms with E-state index in [0.29, 0.717) is 55.3 Å². The molecule has 2 aliphatic rings. The van der Waals surface area contributed by atoms with Gasteiger partial charge in [0.2, 0.25) is 5.91 Å². The first kappa shape index (κ1) is 29.0. The third kappa shape index (κ3) is 5.63. The topological polar surface area (TPSA) is 74.2 Å². The van der Waals surface area contributed by atoms with E-state index in [9.17, 15) is 4.79 Å². The molecule has 1 aromatic heterocycles. The van der Waals surface area contributed by atoms with Crippen molar-refractivity contribution >= 4 is 40.7 Å². The number of ether oxygens (including phenoxy) is 1. The number of aromatic nitrogens is 2. The number of terminal acetylenes is 1. The fraction of sp³-hybridized carbons (Fsp3) is 0.333. The van der Waals surface area contributed by atoms with Crippen molar-refractivity contribution < 1.29 is 13.9 Å². The van der Waals surface area contributed by atoms with E-state index < -0.39 is 5.83 Å². The van der Waals surface area contributed by atoms with Crippen LogP contribution < -0.4 is 9.64 Å². The van der Waals surface area contributed by atoms with E-state index in [1.807, 2.05) is 35.2 Å². The molecule has 2 aliphatic heterocycles. The average Bonchev–Trinajstić information content (AvgIpc) is 3.44. The Kier molecular flexibility index (Phi) is 8.64. The first-order chi connectivity index (χ1) is 20.4. The number of benzene rings is 2. The molecule has 0 radical (unpaired) electrons. The van der Waals surface area contributed by atoms with Crippen LogP contribution in [0.4, 0.5) is 10.2 Å². The standard InChI is InChI=1S/C33H35FN6O2/c1-6-23-11-8-12-24-13-9-15-26(28(23)24)31(35-4)29(34)30-22(3)32(40-19-17-39(18-20-40)27(41)7-2)37-33(36-30)42-21-25-14-10-16-38(25)5/h1,7-9,11-13,15,25H,2,4,10,14,16-21H2,3,5H3/b31-29+/t25-/m0/s1. The van der Waals surface area contributed by atoms with Crippen LogP contribution in [0.25, 0.3) is 22.3 Å². The Bertz CT molecular complexity index is 1600. The van der Waals surface area contributed by atoms with Gasteiger partial charge in [0.05, 0.1) is 0 Å². The zero-order valence-electron chi connectivity index (χ0n) is 24.1. The molecule has 0 aliphatic carbocycles. The number of hydrogen-bond acceptors (Lipinski definition) is 7. The Morgan fingerprint density at radius 3 is 2.57 bits per heavy atom. The van der Waals surface area contributed by atoms with Crippen molar-refractivity contribution in [3.05, 3.63) is 71.4 Å². The first-order valence-corrected chi connectivity index (χ1v) is 14.1. The molecule has 1 amide bonds. The number of piperazine rings is 1. The van der Waals surface area contributed by atoms with Crippen LogP contribution in [-0.4, -0.2) is 84.8 Å². The predicted molar refractivity (Wildman–Crippen MR) is 166 cm³/mol. The molecule has 9 heteroatoms. The fourth-order valence-electron chi connectivity index (χ4n) is 5.74. The lowest BCUT2D eigenvalue weighted by atomic mass is 9.96. The van der Waals surface area contributed by atoms with E-state index >= 15 is 4.39 Å². The number of hydrogen-bond donors (Lipinski definition) is 0. The summed E-state index contributed by atoms with van der Waals surface area (Å²) in [6.45, 7) is 12.5. The average molecular weight is 567 g/mol. The highest BCUT2D eigenvalue weighted by atomic mass is 19.1. The van der Waals surface area contributed by atoms with Crippen molar-refractivity contribution in [1.82, 2.24) is 19.8 Å². The number of nitrogens with zero attached hydrogens (tertiary/aromatic N) is 6. The van der Waals surface area contributed by atoms with Crippen LogP contribution in [0, 0.1) is 19.3 Å². The van der Waals surface area contributed by atoms with Crippen LogP contribution in [-0.2, 0) is 4.79 Å². The van der Waals surface area contributed by atoms with E-state index in [0.717, 1.165) is 30.2 Å². The van der Waals surface area contributed by atoms with Gasteiger partial charge in [0, 0.05) is 54.3 Å². The summed E-state index contributed by atoms with van der Waals surface area (Å²) >= 11 is 0. The van der Waals surface area contributed by atoms with E-state index in [-0.39, 0.29) is 29.4 Å². The summed E-state index contributed by atoms with van der Waals surface area (Å²) < 4.78 is 22.8.